The fraction of sp³-hybridized carbons (Fsp3) is 0.321. The van der Waals surface area contributed by atoms with Crippen molar-refractivity contribution in [3.63, 3.8) is 0 Å². The molecular formula is C28H31N3O3. The van der Waals surface area contributed by atoms with E-state index in [0.717, 1.165) is 42.7 Å². The maximum Gasteiger partial charge on any atom is 0.243 e. The number of nitrogens with one attached hydrogen (secondary N) is 1. The Morgan fingerprint density at radius 2 is 1.56 bits per heavy atom. The average Bonchev–Trinajstić information content (AvgIpc) is 3.63. The summed E-state index contributed by atoms with van der Waals surface area (Å²) in [5.41, 5.74) is 3.42. The third kappa shape index (κ3) is 5.45. The van der Waals surface area contributed by atoms with E-state index in [1.807, 2.05) is 42.7 Å². The number of allylic oxidation sites excluding steroid dienone is 1. The number of benzene rings is 2. The van der Waals surface area contributed by atoms with Gasteiger partial charge in [-0.15, -0.1) is 0 Å². The molecule has 4 rings (SSSR count). The van der Waals surface area contributed by atoms with Crippen LogP contribution < -0.4 is 14.8 Å². The highest BCUT2D eigenvalue weighted by Gasteiger charge is 2.55. The van der Waals surface area contributed by atoms with E-state index in [2.05, 4.69) is 39.6 Å². The molecule has 0 spiro atoms. The molecule has 1 aliphatic rings. The van der Waals surface area contributed by atoms with Gasteiger partial charge < -0.3 is 14.8 Å². The second-order valence-corrected chi connectivity index (χ2v) is 8.59. The second kappa shape index (κ2) is 11.0. The summed E-state index contributed by atoms with van der Waals surface area (Å²) < 4.78 is 10.7. The predicted molar refractivity (Wildman–Crippen MR) is 132 cm³/mol. The number of rotatable bonds is 11. The molecule has 0 unspecified atom stereocenters. The third-order valence-corrected chi connectivity index (χ3v) is 6.51. The van der Waals surface area contributed by atoms with E-state index in [1.165, 1.54) is 17.5 Å². The zero-order valence-corrected chi connectivity index (χ0v) is 19.7. The van der Waals surface area contributed by atoms with E-state index in [9.17, 15) is 4.79 Å². The van der Waals surface area contributed by atoms with Gasteiger partial charge in [0.1, 0.15) is 17.8 Å². The maximum atomic E-state index is 12.4. The molecule has 0 radical (unpaired) electrons. The van der Waals surface area contributed by atoms with Crippen LogP contribution in [0, 0.1) is 5.92 Å². The van der Waals surface area contributed by atoms with Crippen LogP contribution in [0.3, 0.4) is 0 Å². The summed E-state index contributed by atoms with van der Waals surface area (Å²) in [6.07, 6.45) is 12.7. The smallest absolute Gasteiger partial charge is 0.243 e. The van der Waals surface area contributed by atoms with Crippen LogP contribution >= 0.6 is 0 Å². The molecule has 1 aliphatic carbocycles. The fourth-order valence-electron chi connectivity index (χ4n) is 4.51. The first kappa shape index (κ1) is 23.5. The number of aryl methyl sites for hydroxylation is 1. The average molecular weight is 458 g/mol. The molecule has 6 nitrogen and oxygen atoms in total. The topological polar surface area (TPSA) is 73.3 Å². The highest BCUT2D eigenvalue weighted by atomic mass is 16.5. The largest absolute Gasteiger partial charge is 0.497 e. The number of aromatic nitrogens is 2. The number of carbonyl (C=O) groups excluding carboxylic acids is 1. The Bertz CT molecular complexity index is 1050. The first-order chi connectivity index (χ1) is 16.7. The van der Waals surface area contributed by atoms with Gasteiger partial charge in [0, 0.05) is 24.4 Å². The molecule has 6 heteroatoms. The first-order valence-corrected chi connectivity index (χ1v) is 11.6. The van der Waals surface area contributed by atoms with Gasteiger partial charge in [-0.3, -0.25) is 4.79 Å². The van der Waals surface area contributed by atoms with E-state index >= 15 is 0 Å². The minimum atomic E-state index is -0.146. The van der Waals surface area contributed by atoms with E-state index in [4.69, 9.17) is 9.47 Å². The molecule has 1 aromatic heterocycles. The van der Waals surface area contributed by atoms with E-state index < -0.39 is 0 Å². The Morgan fingerprint density at radius 3 is 2.12 bits per heavy atom. The molecule has 1 amide bonds. The minimum absolute atomic E-state index is 0.0479. The SMILES string of the molecule is COc1ccc(C2(c3ccc(OC)cc3)C[C@H]2C=CC(=O)NCCCCc2cncnc2)cc1. The van der Waals surface area contributed by atoms with Gasteiger partial charge in [0.05, 0.1) is 14.2 Å². The van der Waals surface area contributed by atoms with Crippen molar-refractivity contribution in [1.29, 1.82) is 0 Å². The van der Waals surface area contributed by atoms with Crippen molar-refractivity contribution in [2.24, 2.45) is 5.92 Å². The lowest BCUT2D eigenvalue weighted by Crippen LogP contribution is -2.22. The quantitative estimate of drug-likeness (QED) is 0.339. The summed E-state index contributed by atoms with van der Waals surface area (Å²) in [6.45, 7) is 0.656. The summed E-state index contributed by atoms with van der Waals surface area (Å²) in [5, 5.41) is 3.00. The molecule has 1 heterocycles. The van der Waals surface area contributed by atoms with Gasteiger partial charge in [0.15, 0.2) is 0 Å². The normalized spacial score (nSPS) is 16.2. The Labute approximate surface area is 201 Å². The lowest BCUT2D eigenvalue weighted by atomic mass is 9.85. The molecule has 1 fully saturated rings. The van der Waals surface area contributed by atoms with Crippen molar-refractivity contribution in [3.8, 4) is 11.5 Å². The molecule has 1 N–H and O–H groups in total. The van der Waals surface area contributed by atoms with Crippen LogP contribution in [0.1, 0.15) is 36.0 Å². The molecular weight excluding hydrogens is 426 g/mol. The van der Waals surface area contributed by atoms with E-state index in [0.29, 0.717) is 6.54 Å². The van der Waals surface area contributed by atoms with Crippen LogP contribution in [0.15, 0.2) is 79.4 Å². The van der Waals surface area contributed by atoms with Crippen molar-refractivity contribution in [3.05, 3.63) is 96.1 Å². The maximum absolute atomic E-state index is 12.4. The van der Waals surface area contributed by atoms with Gasteiger partial charge in [-0.05, 0) is 78.6 Å². The van der Waals surface area contributed by atoms with Gasteiger partial charge in [0.2, 0.25) is 5.91 Å². The predicted octanol–water partition coefficient (Wildman–Crippen LogP) is 4.50. The number of ether oxygens (including phenoxy) is 2. The van der Waals surface area contributed by atoms with Gasteiger partial charge in [-0.2, -0.15) is 0 Å². The summed E-state index contributed by atoms with van der Waals surface area (Å²) >= 11 is 0. The number of amides is 1. The van der Waals surface area contributed by atoms with Crippen LogP contribution in [0.4, 0.5) is 0 Å². The number of methoxy groups -OCH3 is 2. The molecule has 0 saturated heterocycles. The summed E-state index contributed by atoms with van der Waals surface area (Å²) in [6, 6.07) is 16.5. The fourth-order valence-corrected chi connectivity index (χ4v) is 4.51. The number of hydrogen-bond donors (Lipinski definition) is 1. The van der Waals surface area contributed by atoms with Gasteiger partial charge in [-0.25, -0.2) is 9.97 Å². The van der Waals surface area contributed by atoms with E-state index in [-0.39, 0.29) is 17.2 Å². The molecule has 0 bridgehead atoms. The lowest BCUT2D eigenvalue weighted by molar-refractivity contribution is -0.116. The standard InChI is InChI=1S/C28H31N3O3/c1-33-25-11-6-22(7-12-25)28(23-8-13-26(34-2)14-9-23)17-24(28)10-15-27(32)31-16-4-3-5-21-18-29-20-30-19-21/h6-15,18-20,24H,3-5,16-17H2,1-2H3,(H,31,32)/t24-/m1/s1. The van der Waals surface area contributed by atoms with E-state index in [1.54, 1.807) is 20.3 Å². The highest BCUT2D eigenvalue weighted by Crippen LogP contribution is 2.59. The Hall–Kier alpha value is -3.67. The van der Waals surface area contributed by atoms with Crippen LogP contribution in [0.25, 0.3) is 0 Å². The monoisotopic (exact) mass is 457 g/mol. The molecule has 1 saturated carbocycles. The summed E-state index contributed by atoms with van der Waals surface area (Å²) in [5.74, 6) is 1.87. The van der Waals surface area contributed by atoms with Crippen molar-refractivity contribution >= 4 is 5.91 Å². The molecule has 3 aromatic rings. The molecule has 1 atom stereocenters. The Morgan fingerprint density at radius 1 is 0.971 bits per heavy atom. The van der Waals surface area contributed by atoms with Crippen LogP contribution in [-0.2, 0) is 16.6 Å². The first-order valence-electron chi connectivity index (χ1n) is 11.6. The van der Waals surface area contributed by atoms with Crippen LogP contribution in [-0.4, -0.2) is 36.6 Å². The zero-order valence-electron chi connectivity index (χ0n) is 19.7. The highest BCUT2D eigenvalue weighted by molar-refractivity contribution is 5.87. The number of hydrogen-bond acceptors (Lipinski definition) is 5. The zero-order chi connectivity index (χ0) is 23.8. The molecule has 176 valence electrons. The summed E-state index contributed by atoms with van der Waals surface area (Å²) in [4.78, 5) is 20.5. The van der Waals surface area contributed by atoms with Gasteiger partial charge >= 0.3 is 0 Å². The van der Waals surface area contributed by atoms with Crippen molar-refractivity contribution < 1.29 is 14.3 Å². The van der Waals surface area contributed by atoms with Crippen LogP contribution in [0.2, 0.25) is 0 Å². The summed E-state index contributed by atoms with van der Waals surface area (Å²) in [7, 11) is 3.34. The number of nitrogens with zero attached hydrogens (tertiary/aromatic N) is 2. The Kier molecular flexibility index (Phi) is 7.58. The minimum Gasteiger partial charge on any atom is -0.497 e. The number of unbranched alkanes of at least 4 members (excludes halogenated alkanes) is 1. The molecule has 34 heavy (non-hydrogen) atoms. The molecule has 0 aliphatic heterocycles. The van der Waals surface area contributed by atoms with Crippen molar-refractivity contribution in [2.75, 3.05) is 20.8 Å². The van der Waals surface area contributed by atoms with Gasteiger partial charge in [0.25, 0.3) is 0 Å². The van der Waals surface area contributed by atoms with Crippen molar-refractivity contribution in [1.82, 2.24) is 15.3 Å². The van der Waals surface area contributed by atoms with Crippen LogP contribution in [0.5, 0.6) is 11.5 Å². The van der Waals surface area contributed by atoms with Crippen molar-refractivity contribution in [2.45, 2.75) is 31.1 Å². The number of carbonyl (C=O) groups is 1. The van der Waals surface area contributed by atoms with Gasteiger partial charge in [-0.1, -0.05) is 30.3 Å². The molecule has 2 aromatic carbocycles. The third-order valence-electron chi connectivity index (χ3n) is 6.51. The second-order valence-electron chi connectivity index (χ2n) is 8.59. The Balaban J connectivity index is 1.36. The lowest BCUT2D eigenvalue weighted by Gasteiger charge is -2.19.